The van der Waals surface area contributed by atoms with Crippen LogP contribution in [0.25, 0.3) is 0 Å². The fourth-order valence-electron chi connectivity index (χ4n) is 2.13. The van der Waals surface area contributed by atoms with E-state index in [1.807, 2.05) is 24.3 Å². The van der Waals surface area contributed by atoms with Crippen LogP contribution in [0.15, 0.2) is 58.3 Å². The maximum atomic E-state index is 5.50. The molecule has 0 fully saturated rings. The van der Waals surface area contributed by atoms with Crippen LogP contribution in [0.4, 0.5) is 0 Å². The Morgan fingerprint density at radius 1 is 0.483 bits per heavy atom. The Labute approximate surface area is 182 Å². The molecule has 0 atom stereocenters. The summed E-state index contributed by atoms with van der Waals surface area (Å²) in [6.07, 6.45) is 0. The van der Waals surface area contributed by atoms with Crippen molar-refractivity contribution in [2.75, 3.05) is 52.9 Å². The van der Waals surface area contributed by atoms with Gasteiger partial charge in [0.25, 0.3) is 0 Å². The van der Waals surface area contributed by atoms with Crippen LogP contribution in [-0.2, 0) is 22.6 Å². The highest BCUT2D eigenvalue weighted by Crippen LogP contribution is 2.19. The number of hydrogen-bond donors (Lipinski definition) is 0. The van der Waals surface area contributed by atoms with Crippen LogP contribution in [0.3, 0.4) is 0 Å². The molecule has 0 aliphatic heterocycles. The second-order valence-corrected chi connectivity index (χ2v) is 8.02. The van der Waals surface area contributed by atoms with Gasteiger partial charge in [-0.25, -0.2) is 0 Å². The summed E-state index contributed by atoms with van der Waals surface area (Å²) in [4.78, 5) is 2.19. The topological polar surface area (TPSA) is 46.2 Å². The van der Waals surface area contributed by atoms with Crippen molar-refractivity contribution >= 4 is 24.1 Å². The third-order valence-corrected chi connectivity index (χ3v) is 5.22. The van der Waals surface area contributed by atoms with E-state index in [-0.39, 0.29) is 0 Å². The van der Waals surface area contributed by atoms with Crippen molar-refractivity contribution in [2.24, 2.45) is 0 Å². The third-order valence-electron chi connectivity index (χ3n) is 3.72. The molecule has 160 valence electrons. The Morgan fingerprint density at radius 3 is 1.14 bits per heavy atom. The Kier molecular flexibility index (Phi) is 13.1. The molecule has 0 aromatic heterocycles. The van der Waals surface area contributed by atoms with Crippen molar-refractivity contribution in [3.05, 3.63) is 59.7 Å². The summed E-state index contributed by atoms with van der Waals surface area (Å²) in [7, 11) is 0. The lowest BCUT2D eigenvalue weighted by atomic mass is 10.2. The second kappa shape index (κ2) is 15.7. The van der Waals surface area contributed by atoms with Gasteiger partial charge < -0.3 is 22.6 Å². The van der Waals surface area contributed by atoms with Gasteiger partial charge in [0.15, 0.2) is 0 Å². The normalized spacial score (nSPS) is 11.1. The van der Waals surface area contributed by atoms with Gasteiger partial charge in [-0.2, -0.15) is 0 Å². The van der Waals surface area contributed by atoms with E-state index in [0.29, 0.717) is 52.9 Å². The van der Waals surface area contributed by atoms with E-state index in [0.717, 1.165) is 9.79 Å². The van der Waals surface area contributed by atoms with Gasteiger partial charge >= 0.3 is 0 Å². The van der Waals surface area contributed by atoms with E-state index in [1.54, 1.807) is 0 Å². The predicted molar refractivity (Wildman–Crippen MR) is 118 cm³/mol. The first-order valence-corrected chi connectivity index (χ1v) is 11.2. The van der Waals surface area contributed by atoms with Crippen molar-refractivity contribution in [2.45, 2.75) is 23.6 Å². The SMILES string of the molecule is Cc1ccc(SOCCOCCOCCOCCOSc2ccc(C)cc2)cc1. The molecule has 0 aliphatic carbocycles. The zero-order valence-corrected chi connectivity index (χ0v) is 18.8. The number of ether oxygens (including phenoxy) is 3. The molecule has 29 heavy (non-hydrogen) atoms. The van der Waals surface area contributed by atoms with E-state index in [4.69, 9.17) is 22.6 Å². The first-order chi connectivity index (χ1) is 14.2. The highest BCUT2D eigenvalue weighted by Gasteiger charge is 1.97. The molecular formula is C22H30O5S2. The minimum atomic E-state index is 0.544. The molecular weight excluding hydrogens is 408 g/mol. The minimum Gasteiger partial charge on any atom is -0.377 e. The highest BCUT2D eigenvalue weighted by molar-refractivity contribution is 7.94. The van der Waals surface area contributed by atoms with Crippen LogP contribution in [-0.4, -0.2) is 52.9 Å². The molecule has 0 aliphatic rings. The molecule has 0 heterocycles. The zero-order chi connectivity index (χ0) is 20.6. The fraction of sp³-hybridized carbons (Fsp3) is 0.455. The third kappa shape index (κ3) is 12.3. The molecule has 2 aromatic rings. The lowest BCUT2D eigenvalue weighted by Crippen LogP contribution is -2.12. The van der Waals surface area contributed by atoms with E-state index in [9.17, 15) is 0 Å². The van der Waals surface area contributed by atoms with Gasteiger partial charge in [-0.05, 0) is 38.1 Å². The van der Waals surface area contributed by atoms with Gasteiger partial charge in [0.05, 0.1) is 52.9 Å². The molecule has 0 saturated heterocycles. The lowest BCUT2D eigenvalue weighted by molar-refractivity contribution is 0.00673. The summed E-state index contributed by atoms with van der Waals surface area (Å²) in [5, 5.41) is 0. The van der Waals surface area contributed by atoms with Crippen LogP contribution >= 0.6 is 24.1 Å². The summed E-state index contributed by atoms with van der Waals surface area (Å²) >= 11 is 2.74. The van der Waals surface area contributed by atoms with E-state index >= 15 is 0 Å². The predicted octanol–water partition coefficient (Wildman–Crippen LogP) is 5.10. The summed E-state index contributed by atoms with van der Waals surface area (Å²) in [5.41, 5.74) is 2.49. The van der Waals surface area contributed by atoms with Crippen LogP contribution in [0.2, 0.25) is 0 Å². The molecule has 0 amide bonds. The maximum Gasteiger partial charge on any atom is 0.0852 e. The number of hydrogen-bond acceptors (Lipinski definition) is 7. The Hall–Kier alpha value is -1.06. The second-order valence-electron chi connectivity index (χ2n) is 6.27. The van der Waals surface area contributed by atoms with Crippen LogP contribution in [0.1, 0.15) is 11.1 Å². The first-order valence-electron chi connectivity index (χ1n) is 9.69. The van der Waals surface area contributed by atoms with Gasteiger partial charge in [0.1, 0.15) is 0 Å². The Morgan fingerprint density at radius 2 is 0.793 bits per heavy atom. The molecule has 2 aromatic carbocycles. The smallest absolute Gasteiger partial charge is 0.0852 e. The Balaban J connectivity index is 1.29. The van der Waals surface area contributed by atoms with Crippen molar-refractivity contribution in [1.82, 2.24) is 0 Å². The number of rotatable bonds is 16. The molecule has 7 heteroatoms. The van der Waals surface area contributed by atoms with Crippen molar-refractivity contribution < 1.29 is 22.6 Å². The molecule has 0 radical (unpaired) electrons. The largest absolute Gasteiger partial charge is 0.377 e. The van der Waals surface area contributed by atoms with Crippen molar-refractivity contribution in [1.29, 1.82) is 0 Å². The van der Waals surface area contributed by atoms with Crippen molar-refractivity contribution in [3.63, 3.8) is 0 Å². The van der Waals surface area contributed by atoms with E-state index < -0.39 is 0 Å². The summed E-state index contributed by atoms with van der Waals surface area (Å²) in [6.45, 7) is 8.53. The molecule has 0 spiro atoms. The summed E-state index contributed by atoms with van der Waals surface area (Å²) in [6, 6.07) is 16.5. The number of aryl methyl sites for hydroxylation is 2. The van der Waals surface area contributed by atoms with Crippen molar-refractivity contribution in [3.8, 4) is 0 Å². The first kappa shape index (κ1) is 24.2. The molecule has 0 bridgehead atoms. The van der Waals surface area contributed by atoms with E-state index in [2.05, 4.69) is 38.1 Å². The van der Waals surface area contributed by atoms with Gasteiger partial charge in [-0.15, -0.1) is 0 Å². The highest BCUT2D eigenvalue weighted by atomic mass is 32.2. The Bertz CT molecular complexity index is 592. The average Bonchev–Trinajstić information content (AvgIpc) is 2.73. The molecule has 2 rings (SSSR count). The quantitative estimate of drug-likeness (QED) is 0.267. The van der Waals surface area contributed by atoms with Gasteiger partial charge in [0, 0.05) is 33.9 Å². The molecule has 0 unspecified atom stereocenters. The maximum absolute atomic E-state index is 5.50. The van der Waals surface area contributed by atoms with E-state index in [1.165, 1.54) is 35.2 Å². The van der Waals surface area contributed by atoms with Crippen LogP contribution < -0.4 is 0 Å². The monoisotopic (exact) mass is 438 g/mol. The zero-order valence-electron chi connectivity index (χ0n) is 17.1. The van der Waals surface area contributed by atoms with Gasteiger partial charge in [0.2, 0.25) is 0 Å². The van der Waals surface area contributed by atoms with Crippen LogP contribution in [0, 0.1) is 13.8 Å². The molecule has 0 saturated carbocycles. The minimum absolute atomic E-state index is 0.544. The standard InChI is InChI=1S/C22H30O5S2/c1-19-3-7-21(8-4-19)28-26-17-15-24-13-11-23-12-14-25-16-18-27-29-22-9-5-20(2)6-10-22/h3-10H,11-18H2,1-2H3. The average molecular weight is 439 g/mol. The number of benzene rings is 2. The fourth-order valence-corrected chi connectivity index (χ4v) is 3.20. The molecule has 0 N–H and O–H groups in total. The van der Waals surface area contributed by atoms with Crippen LogP contribution in [0.5, 0.6) is 0 Å². The van der Waals surface area contributed by atoms with Gasteiger partial charge in [-0.3, -0.25) is 0 Å². The lowest BCUT2D eigenvalue weighted by Gasteiger charge is -2.07. The molecule has 5 nitrogen and oxygen atoms in total. The van der Waals surface area contributed by atoms with Gasteiger partial charge in [-0.1, -0.05) is 35.4 Å². The summed E-state index contributed by atoms with van der Waals surface area (Å²) in [5.74, 6) is 0. The summed E-state index contributed by atoms with van der Waals surface area (Å²) < 4.78 is 27.4.